The van der Waals surface area contributed by atoms with Crippen molar-refractivity contribution >= 4 is 11.6 Å². The molecule has 0 saturated carbocycles. The fraction of sp³-hybridized carbons (Fsp3) is 0.400. The summed E-state index contributed by atoms with van der Waals surface area (Å²) >= 11 is 0. The van der Waals surface area contributed by atoms with Gasteiger partial charge in [0.1, 0.15) is 0 Å². The van der Waals surface area contributed by atoms with Crippen LogP contribution in [0.2, 0.25) is 0 Å². The first-order valence-electron chi connectivity index (χ1n) is 3.97. The molecule has 0 bridgehead atoms. The molecule has 0 aliphatic carbocycles. The summed E-state index contributed by atoms with van der Waals surface area (Å²) in [6, 6.07) is 0. The van der Waals surface area contributed by atoms with Crippen molar-refractivity contribution in [2.75, 3.05) is 0 Å². The predicted octanol–water partition coefficient (Wildman–Crippen LogP) is -0.321. The van der Waals surface area contributed by atoms with E-state index in [1.807, 2.05) is 0 Å². The Kier molecular flexibility index (Phi) is 16.4. The Balaban J connectivity index is -0.000000180. The molecule has 0 aliphatic heterocycles. The summed E-state index contributed by atoms with van der Waals surface area (Å²) in [6.45, 7) is 5.39. The number of carbonyl (C=O) groups excluding carboxylic acids is 2. The standard InChI is InChI=1S/2C5H8O2.Eu/c2*1-4(6)3-5(2)7;/h2*3,6H,1-2H3;/q;;+2/p-2/b2*4-3-;. The van der Waals surface area contributed by atoms with Gasteiger partial charge in [-0.25, -0.2) is 0 Å². The second-order valence-corrected chi connectivity index (χ2v) is 2.73. The van der Waals surface area contributed by atoms with E-state index in [1.54, 1.807) is 0 Å². The van der Waals surface area contributed by atoms with Crippen LogP contribution in [0.4, 0.5) is 0 Å². The third-order valence-corrected chi connectivity index (χ3v) is 0.813. The fourth-order valence-corrected chi connectivity index (χ4v) is 0.572. The van der Waals surface area contributed by atoms with E-state index in [4.69, 9.17) is 0 Å². The fourth-order valence-electron chi connectivity index (χ4n) is 0.572. The van der Waals surface area contributed by atoms with Crippen molar-refractivity contribution < 1.29 is 69.2 Å². The van der Waals surface area contributed by atoms with E-state index < -0.39 is 0 Å². The van der Waals surface area contributed by atoms with Crippen molar-refractivity contribution in [3.63, 3.8) is 0 Å². The molecule has 0 aromatic rings. The first-order valence-corrected chi connectivity index (χ1v) is 3.97. The van der Waals surface area contributed by atoms with Crippen LogP contribution in [0.1, 0.15) is 27.7 Å². The first kappa shape index (κ1) is 20.4. The SMILES string of the molecule is CC(=O)/C=C(/C)[O-].CC(=O)/C=C(/C)[O-].[Eu+2]. The van der Waals surface area contributed by atoms with Gasteiger partial charge in [0.05, 0.1) is 0 Å². The molecule has 0 rings (SSSR count). The summed E-state index contributed by atoms with van der Waals surface area (Å²) in [5.41, 5.74) is 0. The van der Waals surface area contributed by atoms with Gasteiger partial charge in [0.25, 0.3) is 0 Å². The largest absolute Gasteiger partial charge is 2.00 e. The Bertz CT molecular complexity index is 231. The van der Waals surface area contributed by atoms with Crippen LogP contribution in [0.15, 0.2) is 23.7 Å². The van der Waals surface area contributed by atoms with E-state index in [-0.39, 0.29) is 72.5 Å². The molecule has 0 atom stereocenters. The minimum absolute atomic E-state index is 0. The Morgan fingerprint density at radius 3 is 1.00 bits per heavy atom. The maximum absolute atomic E-state index is 9.98. The zero-order chi connectivity index (χ0) is 11.7. The number of hydrogen-bond acceptors (Lipinski definition) is 4. The van der Waals surface area contributed by atoms with Gasteiger partial charge in [0.15, 0.2) is 11.6 Å². The number of hydrogen-bond donors (Lipinski definition) is 0. The molecule has 0 aromatic carbocycles. The second kappa shape index (κ2) is 12.1. The predicted molar refractivity (Wildman–Crippen MR) is 48.9 cm³/mol. The van der Waals surface area contributed by atoms with Crippen LogP contribution in [0.3, 0.4) is 0 Å². The number of rotatable bonds is 2. The van der Waals surface area contributed by atoms with Crippen LogP contribution in [-0.2, 0) is 9.59 Å². The summed E-state index contributed by atoms with van der Waals surface area (Å²) in [4.78, 5) is 20.0. The van der Waals surface area contributed by atoms with Gasteiger partial charge in [0.2, 0.25) is 0 Å². The smallest absolute Gasteiger partial charge is 0.876 e. The summed E-state index contributed by atoms with van der Waals surface area (Å²) in [7, 11) is 0. The molecular weight excluding hydrogens is 336 g/mol. The van der Waals surface area contributed by atoms with Crippen LogP contribution >= 0.6 is 0 Å². The van der Waals surface area contributed by atoms with Crippen LogP contribution in [0.5, 0.6) is 0 Å². The van der Waals surface area contributed by atoms with E-state index in [1.165, 1.54) is 27.7 Å². The third kappa shape index (κ3) is 31.5. The molecule has 0 aliphatic rings. The molecule has 0 heterocycles. The molecule has 0 aromatic heterocycles. The molecule has 4 nitrogen and oxygen atoms in total. The summed E-state index contributed by atoms with van der Waals surface area (Å²) in [5.74, 6) is -0.750. The summed E-state index contributed by atoms with van der Waals surface area (Å²) in [6.07, 6.45) is 2.11. The number of allylic oxidation sites excluding steroid dienone is 4. The van der Waals surface area contributed by atoms with E-state index >= 15 is 0 Å². The molecule has 0 amide bonds. The maximum atomic E-state index is 9.98. The molecule has 0 N–H and O–H groups in total. The Morgan fingerprint density at radius 1 is 0.800 bits per heavy atom. The third-order valence-electron chi connectivity index (χ3n) is 0.813. The van der Waals surface area contributed by atoms with Crippen molar-refractivity contribution in [2.24, 2.45) is 0 Å². The van der Waals surface area contributed by atoms with Gasteiger partial charge in [-0.1, -0.05) is 13.8 Å². The van der Waals surface area contributed by atoms with Gasteiger partial charge >= 0.3 is 49.4 Å². The molecule has 0 spiro atoms. The van der Waals surface area contributed by atoms with Crippen LogP contribution in [-0.4, -0.2) is 11.6 Å². The average Bonchev–Trinajstić information content (AvgIpc) is 1.79. The van der Waals surface area contributed by atoms with Crippen molar-refractivity contribution in [1.29, 1.82) is 0 Å². The Labute approximate surface area is 131 Å². The van der Waals surface area contributed by atoms with Crippen LogP contribution in [0, 0.1) is 49.4 Å². The van der Waals surface area contributed by atoms with Crippen molar-refractivity contribution in [3.8, 4) is 0 Å². The van der Waals surface area contributed by atoms with Gasteiger partial charge in [-0.15, -0.1) is 11.5 Å². The van der Waals surface area contributed by atoms with Crippen molar-refractivity contribution in [1.82, 2.24) is 0 Å². The van der Waals surface area contributed by atoms with Gasteiger partial charge in [-0.2, -0.15) is 0 Å². The molecule has 0 saturated heterocycles. The Hall–Kier alpha value is 0.00442. The molecule has 85 valence electrons. The topological polar surface area (TPSA) is 80.3 Å². The van der Waals surface area contributed by atoms with E-state index in [0.29, 0.717) is 0 Å². The Morgan fingerprint density at radius 2 is 1.00 bits per heavy atom. The van der Waals surface area contributed by atoms with Crippen LogP contribution in [0.25, 0.3) is 0 Å². The van der Waals surface area contributed by atoms with Crippen molar-refractivity contribution in [3.05, 3.63) is 23.7 Å². The van der Waals surface area contributed by atoms with Gasteiger partial charge in [-0.3, -0.25) is 9.59 Å². The van der Waals surface area contributed by atoms with Gasteiger partial charge in [0, 0.05) is 0 Å². The zero-order valence-corrected chi connectivity index (χ0v) is 11.6. The minimum atomic E-state index is -0.187. The van der Waals surface area contributed by atoms with Crippen LogP contribution < -0.4 is 10.2 Å². The quantitative estimate of drug-likeness (QED) is 0.505. The normalized spacial score (nSPS) is 10.7. The monoisotopic (exact) mass is 351 g/mol. The average molecular weight is 350 g/mol. The summed E-state index contributed by atoms with van der Waals surface area (Å²) < 4.78 is 0. The van der Waals surface area contributed by atoms with E-state index in [9.17, 15) is 19.8 Å². The molecule has 1 radical (unpaired) electrons. The molecule has 0 fully saturated rings. The number of ketones is 2. The molecular formula is C10H14EuO4. The first-order chi connectivity index (χ1) is 6.25. The minimum Gasteiger partial charge on any atom is -0.876 e. The van der Waals surface area contributed by atoms with E-state index in [2.05, 4.69) is 0 Å². The van der Waals surface area contributed by atoms with Crippen molar-refractivity contribution in [2.45, 2.75) is 27.7 Å². The summed E-state index contributed by atoms with van der Waals surface area (Å²) in [5, 5.41) is 20.0. The van der Waals surface area contributed by atoms with E-state index in [0.717, 1.165) is 12.2 Å². The number of carbonyl (C=O) groups is 2. The zero-order valence-electron chi connectivity index (χ0n) is 9.17. The van der Waals surface area contributed by atoms with Gasteiger partial charge in [-0.05, 0) is 26.0 Å². The van der Waals surface area contributed by atoms with Gasteiger partial charge < -0.3 is 10.2 Å². The molecule has 0 unspecified atom stereocenters. The molecule has 15 heavy (non-hydrogen) atoms. The second-order valence-electron chi connectivity index (χ2n) is 2.73. The maximum Gasteiger partial charge on any atom is 2.00 e. The molecule has 5 heteroatoms.